The van der Waals surface area contributed by atoms with Gasteiger partial charge in [0.05, 0.1) is 17.6 Å². The Morgan fingerprint density at radius 2 is 1.81 bits per heavy atom. The average Bonchev–Trinajstić information content (AvgIpc) is 2.59. The van der Waals surface area contributed by atoms with Crippen molar-refractivity contribution in [3.05, 3.63) is 29.4 Å². The minimum atomic E-state index is -0.470. The van der Waals surface area contributed by atoms with Crippen molar-refractivity contribution in [2.75, 3.05) is 19.7 Å². The van der Waals surface area contributed by atoms with Crippen LogP contribution in [0.3, 0.4) is 0 Å². The molecule has 2 heterocycles. The highest BCUT2D eigenvalue weighted by atomic mass is 35.5. The number of benzene rings is 1. The monoisotopic (exact) mass is 377 g/mol. The SMILES string of the molecule is CC(C)(C)OC(=O)N1CCC(COc2nc3ccccc3nc2Cl)CC1. The molecule has 0 radical (unpaired) electrons. The second kappa shape index (κ2) is 7.66. The predicted molar refractivity (Wildman–Crippen MR) is 101 cm³/mol. The maximum atomic E-state index is 12.1. The van der Waals surface area contributed by atoms with Crippen molar-refractivity contribution >= 4 is 28.7 Å². The van der Waals surface area contributed by atoms with Crippen molar-refractivity contribution in [3.8, 4) is 5.88 Å². The quantitative estimate of drug-likeness (QED) is 0.797. The maximum Gasteiger partial charge on any atom is 0.410 e. The standard InChI is InChI=1S/C19H24ClN3O3/c1-19(2,3)26-18(24)23-10-8-13(9-11-23)12-25-17-16(20)21-14-6-4-5-7-15(14)22-17/h4-7,13H,8-12H2,1-3H3. The number of amides is 1. The largest absolute Gasteiger partial charge is 0.475 e. The highest BCUT2D eigenvalue weighted by Crippen LogP contribution is 2.25. The van der Waals surface area contributed by atoms with E-state index in [9.17, 15) is 4.79 Å². The van der Waals surface area contributed by atoms with E-state index in [0.29, 0.717) is 31.5 Å². The summed E-state index contributed by atoms with van der Waals surface area (Å²) < 4.78 is 11.2. The average molecular weight is 378 g/mol. The number of ether oxygens (including phenoxy) is 2. The van der Waals surface area contributed by atoms with E-state index in [1.807, 2.05) is 45.0 Å². The first-order valence-electron chi connectivity index (χ1n) is 8.85. The van der Waals surface area contributed by atoms with Gasteiger partial charge in [0.2, 0.25) is 0 Å². The van der Waals surface area contributed by atoms with Gasteiger partial charge in [-0.3, -0.25) is 0 Å². The lowest BCUT2D eigenvalue weighted by Crippen LogP contribution is -2.42. The first-order valence-corrected chi connectivity index (χ1v) is 9.22. The normalized spacial score (nSPS) is 15.9. The van der Waals surface area contributed by atoms with Crippen LogP contribution in [0.2, 0.25) is 5.15 Å². The van der Waals surface area contributed by atoms with Crippen LogP contribution in [0.1, 0.15) is 33.6 Å². The summed E-state index contributed by atoms with van der Waals surface area (Å²) in [6, 6.07) is 7.54. The summed E-state index contributed by atoms with van der Waals surface area (Å²) in [5.74, 6) is 0.706. The number of carbonyl (C=O) groups excluding carboxylic acids is 1. The summed E-state index contributed by atoms with van der Waals surface area (Å²) in [4.78, 5) is 22.6. The lowest BCUT2D eigenvalue weighted by atomic mass is 9.98. The maximum absolute atomic E-state index is 12.1. The number of piperidine rings is 1. The van der Waals surface area contributed by atoms with Crippen molar-refractivity contribution in [2.45, 2.75) is 39.2 Å². The Morgan fingerprint density at radius 3 is 2.42 bits per heavy atom. The van der Waals surface area contributed by atoms with Crippen LogP contribution in [0.4, 0.5) is 4.79 Å². The Labute approximate surface area is 158 Å². The summed E-state index contributed by atoms with van der Waals surface area (Å²) >= 11 is 6.18. The fourth-order valence-corrected chi connectivity index (χ4v) is 3.05. The van der Waals surface area contributed by atoms with Crippen molar-refractivity contribution in [1.82, 2.24) is 14.9 Å². The van der Waals surface area contributed by atoms with E-state index in [4.69, 9.17) is 21.1 Å². The number of likely N-dealkylation sites (tertiary alicyclic amines) is 1. The fourth-order valence-electron chi connectivity index (χ4n) is 2.86. The van der Waals surface area contributed by atoms with Crippen LogP contribution in [-0.2, 0) is 4.74 Å². The van der Waals surface area contributed by atoms with Gasteiger partial charge in [0.25, 0.3) is 5.88 Å². The molecule has 0 spiro atoms. The highest BCUT2D eigenvalue weighted by molar-refractivity contribution is 6.31. The van der Waals surface area contributed by atoms with Crippen LogP contribution >= 0.6 is 11.6 Å². The van der Waals surface area contributed by atoms with Gasteiger partial charge in [-0.25, -0.2) is 14.8 Å². The van der Waals surface area contributed by atoms with Crippen LogP contribution in [0.25, 0.3) is 11.0 Å². The topological polar surface area (TPSA) is 64.5 Å². The molecule has 0 unspecified atom stereocenters. The van der Waals surface area contributed by atoms with Crippen LogP contribution in [0.15, 0.2) is 24.3 Å². The van der Waals surface area contributed by atoms with Crippen molar-refractivity contribution < 1.29 is 14.3 Å². The van der Waals surface area contributed by atoms with Crippen LogP contribution in [0, 0.1) is 5.92 Å². The molecule has 0 atom stereocenters. The van der Waals surface area contributed by atoms with E-state index in [0.717, 1.165) is 23.9 Å². The zero-order valence-corrected chi connectivity index (χ0v) is 16.1. The highest BCUT2D eigenvalue weighted by Gasteiger charge is 2.27. The number of fused-ring (bicyclic) bond motifs is 1. The van der Waals surface area contributed by atoms with E-state index in [-0.39, 0.29) is 11.2 Å². The number of rotatable bonds is 3. The van der Waals surface area contributed by atoms with E-state index < -0.39 is 5.60 Å². The third-order valence-corrected chi connectivity index (χ3v) is 4.47. The molecule has 1 aliphatic rings. The second-order valence-electron chi connectivity index (χ2n) is 7.53. The smallest absolute Gasteiger partial charge is 0.410 e. The van der Waals surface area contributed by atoms with Crippen molar-refractivity contribution in [2.24, 2.45) is 5.92 Å². The molecule has 1 saturated heterocycles. The Bertz CT molecular complexity index is 783. The molecule has 7 heteroatoms. The number of carbonyl (C=O) groups is 1. The first-order chi connectivity index (χ1) is 12.3. The molecular weight excluding hydrogens is 354 g/mol. The molecule has 3 rings (SSSR count). The third-order valence-electron chi connectivity index (χ3n) is 4.22. The fraction of sp³-hybridized carbons (Fsp3) is 0.526. The molecule has 6 nitrogen and oxygen atoms in total. The number of hydrogen-bond donors (Lipinski definition) is 0. The molecule has 1 fully saturated rings. The zero-order valence-electron chi connectivity index (χ0n) is 15.4. The number of aromatic nitrogens is 2. The number of halogens is 1. The molecule has 0 saturated carbocycles. The van der Waals surface area contributed by atoms with Crippen LogP contribution in [0.5, 0.6) is 5.88 Å². The lowest BCUT2D eigenvalue weighted by molar-refractivity contribution is 0.0164. The second-order valence-corrected chi connectivity index (χ2v) is 7.89. The molecule has 0 bridgehead atoms. The van der Waals surface area contributed by atoms with Gasteiger partial charge in [0.15, 0.2) is 5.15 Å². The summed E-state index contributed by atoms with van der Waals surface area (Å²) in [7, 11) is 0. The predicted octanol–water partition coefficient (Wildman–Crippen LogP) is 4.31. The number of nitrogens with zero attached hydrogens (tertiary/aromatic N) is 3. The van der Waals surface area contributed by atoms with Gasteiger partial charge in [-0.2, -0.15) is 0 Å². The lowest BCUT2D eigenvalue weighted by Gasteiger charge is -2.33. The Balaban J connectivity index is 1.53. The van der Waals surface area contributed by atoms with Gasteiger partial charge >= 0.3 is 6.09 Å². The Morgan fingerprint density at radius 1 is 1.19 bits per heavy atom. The molecule has 1 aromatic carbocycles. The summed E-state index contributed by atoms with van der Waals surface area (Å²) in [5, 5.41) is 0.273. The van der Waals surface area contributed by atoms with Gasteiger partial charge in [-0.1, -0.05) is 23.7 Å². The molecule has 0 N–H and O–H groups in total. The van der Waals surface area contributed by atoms with Crippen molar-refractivity contribution in [1.29, 1.82) is 0 Å². The minimum Gasteiger partial charge on any atom is -0.475 e. The van der Waals surface area contributed by atoms with E-state index in [1.165, 1.54) is 0 Å². The van der Waals surface area contributed by atoms with Crippen LogP contribution in [-0.4, -0.2) is 46.3 Å². The Kier molecular flexibility index (Phi) is 5.51. The molecule has 1 aromatic heterocycles. The van der Waals surface area contributed by atoms with Gasteiger partial charge in [0, 0.05) is 13.1 Å². The molecule has 1 aliphatic heterocycles. The van der Waals surface area contributed by atoms with Gasteiger partial charge in [-0.15, -0.1) is 0 Å². The summed E-state index contributed by atoms with van der Waals surface area (Å²) in [6.07, 6.45) is 1.47. The van der Waals surface area contributed by atoms with E-state index in [1.54, 1.807) is 4.90 Å². The van der Waals surface area contributed by atoms with Gasteiger partial charge in [-0.05, 0) is 51.7 Å². The molecule has 2 aromatic rings. The summed E-state index contributed by atoms with van der Waals surface area (Å²) in [5.41, 5.74) is 1.03. The van der Waals surface area contributed by atoms with Gasteiger partial charge in [0.1, 0.15) is 5.60 Å². The Hall–Kier alpha value is -2.08. The van der Waals surface area contributed by atoms with Crippen LogP contribution < -0.4 is 4.74 Å². The minimum absolute atomic E-state index is 0.250. The molecule has 0 aliphatic carbocycles. The zero-order chi connectivity index (χ0) is 18.7. The molecular formula is C19H24ClN3O3. The summed E-state index contributed by atoms with van der Waals surface area (Å²) in [6.45, 7) is 7.47. The van der Waals surface area contributed by atoms with Gasteiger partial charge < -0.3 is 14.4 Å². The first kappa shape index (κ1) is 18.7. The molecule has 1 amide bonds. The number of hydrogen-bond acceptors (Lipinski definition) is 5. The third kappa shape index (κ3) is 4.75. The molecule has 26 heavy (non-hydrogen) atoms. The molecule has 140 valence electrons. The number of para-hydroxylation sites is 2. The van der Waals surface area contributed by atoms with E-state index >= 15 is 0 Å². The van der Waals surface area contributed by atoms with E-state index in [2.05, 4.69) is 9.97 Å². The van der Waals surface area contributed by atoms with Crippen molar-refractivity contribution in [3.63, 3.8) is 0 Å².